The van der Waals surface area contributed by atoms with E-state index in [0.717, 1.165) is 23.5 Å². The highest BCUT2D eigenvalue weighted by molar-refractivity contribution is 5.68. The lowest BCUT2D eigenvalue weighted by atomic mass is 9.96. The Morgan fingerprint density at radius 3 is 2.42 bits per heavy atom. The molecule has 0 aliphatic rings. The smallest absolute Gasteiger partial charge is 0.125 e. The third kappa shape index (κ3) is 5.87. The minimum absolute atomic E-state index is 0.0486. The number of aryl methyl sites for hydroxylation is 1. The molecule has 164 valence electrons. The Labute approximate surface area is 186 Å². The van der Waals surface area contributed by atoms with Crippen LogP contribution in [0.3, 0.4) is 0 Å². The number of hydrogen-bond donors (Lipinski definition) is 3. The maximum atomic E-state index is 9.27. The van der Waals surface area contributed by atoms with Crippen LogP contribution in [0.15, 0.2) is 60.7 Å². The van der Waals surface area contributed by atoms with Gasteiger partial charge in [0.2, 0.25) is 0 Å². The molecule has 0 amide bonds. The van der Waals surface area contributed by atoms with E-state index in [1.54, 1.807) is 0 Å². The minimum Gasteiger partial charge on any atom is -0.493 e. The summed E-state index contributed by atoms with van der Waals surface area (Å²) in [6, 6.07) is 21.3. The molecule has 0 saturated heterocycles. The van der Waals surface area contributed by atoms with Crippen LogP contribution in [-0.2, 0) is 13.1 Å². The van der Waals surface area contributed by atoms with Crippen LogP contribution in [0.2, 0.25) is 0 Å². The van der Waals surface area contributed by atoms with Crippen LogP contribution >= 0.6 is 0 Å². The van der Waals surface area contributed by atoms with Gasteiger partial charge in [0, 0.05) is 36.4 Å². The number of hydrogen-bond acceptors (Lipinski definition) is 4. The number of ether oxygens (including phenoxy) is 1. The molecule has 0 aliphatic heterocycles. The first kappa shape index (κ1) is 22.9. The molecule has 0 radical (unpaired) electrons. The van der Waals surface area contributed by atoms with Crippen molar-refractivity contribution in [2.24, 2.45) is 0 Å². The van der Waals surface area contributed by atoms with E-state index in [1.165, 1.54) is 27.8 Å². The molecule has 4 nitrogen and oxygen atoms in total. The molecule has 3 N–H and O–H groups in total. The zero-order valence-electron chi connectivity index (χ0n) is 19.0. The molecule has 4 heteroatoms. The average Bonchev–Trinajstić information content (AvgIpc) is 2.79. The molecule has 1 atom stereocenters. The van der Waals surface area contributed by atoms with Crippen LogP contribution in [0.5, 0.6) is 5.75 Å². The Morgan fingerprint density at radius 2 is 1.71 bits per heavy atom. The number of aliphatic hydroxyl groups excluding tert-OH is 1. The Bertz CT molecular complexity index is 986. The van der Waals surface area contributed by atoms with E-state index in [-0.39, 0.29) is 12.6 Å². The van der Waals surface area contributed by atoms with Gasteiger partial charge in [0.25, 0.3) is 0 Å². The fraction of sp³-hybridized carbons (Fsp3) is 0.333. The van der Waals surface area contributed by atoms with Gasteiger partial charge >= 0.3 is 0 Å². The van der Waals surface area contributed by atoms with Crippen LogP contribution in [0.1, 0.15) is 36.1 Å². The first-order valence-electron chi connectivity index (χ1n) is 11.0. The molecule has 0 saturated carbocycles. The maximum Gasteiger partial charge on any atom is 0.125 e. The number of anilines is 1. The summed E-state index contributed by atoms with van der Waals surface area (Å²) >= 11 is 0. The third-order valence-electron chi connectivity index (χ3n) is 5.62. The molecule has 0 aromatic heterocycles. The van der Waals surface area contributed by atoms with Crippen molar-refractivity contribution in [3.8, 4) is 16.9 Å². The van der Waals surface area contributed by atoms with Gasteiger partial charge in [-0.3, -0.25) is 0 Å². The normalized spacial score (nSPS) is 11.9. The molecule has 0 unspecified atom stereocenters. The quantitative estimate of drug-likeness (QED) is 0.410. The Kier molecular flexibility index (Phi) is 8.10. The molecular formula is C27H34N2O2. The monoisotopic (exact) mass is 418 g/mol. The number of benzene rings is 3. The van der Waals surface area contributed by atoms with E-state index in [9.17, 15) is 5.11 Å². The number of rotatable bonds is 10. The van der Waals surface area contributed by atoms with Crippen molar-refractivity contribution in [3.63, 3.8) is 0 Å². The molecule has 0 heterocycles. The maximum absolute atomic E-state index is 9.27. The van der Waals surface area contributed by atoms with Crippen LogP contribution in [0, 0.1) is 13.8 Å². The molecule has 0 aliphatic carbocycles. The Balaban J connectivity index is 1.79. The van der Waals surface area contributed by atoms with Gasteiger partial charge in [-0.05, 0) is 61.6 Å². The van der Waals surface area contributed by atoms with Crippen LogP contribution in [0.25, 0.3) is 11.1 Å². The Morgan fingerprint density at radius 1 is 0.935 bits per heavy atom. The highest BCUT2D eigenvalue weighted by Crippen LogP contribution is 2.29. The van der Waals surface area contributed by atoms with Crippen molar-refractivity contribution in [3.05, 3.63) is 82.9 Å². The van der Waals surface area contributed by atoms with Crippen molar-refractivity contribution in [2.75, 3.05) is 18.5 Å². The van der Waals surface area contributed by atoms with Gasteiger partial charge in [-0.2, -0.15) is 0 Å². The van der Waals surface area contributed by atoms with Gasteiger partial charge < -0.3 is 20.5 Å². The third-order valence-corrected chi connectivity index (χ3v) is 5.62. The van der Waals surface area contributed by atoms with E-state index in [2.05, 4.69) is 79.1 Å². The largest absolute Gasteiger partial charge is 0.493 e. The van der Waals surface area contributed by atoms with Crippen LogP contribution < -0.4 is 15.4 Å². The zero-order chi connectivity index (χ0) is 22.2. The lowest BCUT2D eigenvalue weighted by Gasteiger charge is -2.19. The standard InChI is InChI=1S/C27H34N2O2/c1-5-31-27-15-26(19(2)14-24(27)17-28-20(3)18-30)29-16-23-12-9-13-25(21(23)4)22-10-7-6-8-11-22/h6-15,20,28-30H,5,16-18H2,1-4H3/t20-/m0/s1. The van der Waals surface area contributed by atoms with Crippen molar-refractivity contribution < 1.29 is 9.84 Å². The van der Waals surface area contributed by atoms with Crippen LogP contribution in [-0.4, -0.2) is 24.4 Å². The lowest BCUT2D eigenvalue weighted by Crippen LogP contribution is -2.28. The van der Waals surface area contributed by atoms with Gasteiger partial charge in [0.15, 0.2) is 0 Å². The SMILES string of the molecule is CCOc1cc(NCc2cccc(-c3ccccc3)c2C)c(C)cc1CN[C@@H](C)CO. The lowest BCUT2D eigenvalue weighted by molar-refractivity contribution is 0.250. The molecule has 0 spiro atoms. The van der Waals surface area contributed by atoms with Gasteiger partial charge in [0.1, 0.15) is 5.75 Å². The molecule has 31 heavy (non-hydrogen) atoms. The van der Waals surface area contributed by atoms with Gasteiger partial charge in [-0.25, -0.2) is 0 Å². The molecule has 3 rings (SSSR count). The average molecular weight is 419 g/mol. The second kappa shape index (κ2) is 11.0. The van der Waals surface area contributed by atoms with Crippen molar-refractivity contribution in [1.29, 1.82) is 0 Å². The summed E-state index contributed by atoms with van der Waals surface area (Å²) in [5.41, 5.74) is 8.44. The van der Waals surface area contributed by atoms with Gasteiger partial charge in [-0.15, -0.1) is 0 Å². The molecule has 3 aromatic rings. The summed E-state index contributed by atoms with van der Waals surface area (Å²) in [4.78, 5) is 0. The fourth-order valence-corrected chi connectivity index (χ4v) is 3.71. The number of nitrogens with one attached hydrogen (secondary N) is 2. The summed E-state index contributed by atoms with van der Waals surface area (Å²) < 4.78 is 5.91. The van der Waals surface area contributed by atoms with E-state index in [1.807, 2.05) is 19.9 Å². The topological polar surface area (TPSA) is 53.5 Å². The zero-order valence-corrected chi connectivity index (χ0v) is 19.0. The summed E-state index contributed by atoms with van der Waals surface area (Å²) in [5.74, 6) is 0.878. The fourth-order valence-electron chi connectivity index (χ4n) is 3.71. The summed E-state index contributed by atoms with van der Waals surface area (Å²) in [7, 11) is 0. The molecule has 0 bridgehead atoms. The van der Waals surface area contributed by atoms with Gasteiger partial charge in [-0.1, -0.05) is 48.5 Å². The highest BCUT2D eigenvalue weighted by atomic mass is 16.5. The van der Waals surface area contributed by atoms with Gasteiger partial charge in [0.05, 0.1) is 13.2 Å². The summed E-state index contributed by atoms with van der Waals surface area (Å²) in [5, 5.41) is 16.2. The second-order valence-electron chi connectivity index (χ2n) is 7.98. The molecule has 3 aromatic carbocycles. The summed E-state index contributed by atoms with van der Waals surface area (Å²) in [6.45, 7) is 10.4. The van der Waals surface area contributed by atoms with E-state index in [4.69, 9.17) is 4.74 Å². The molecular weight excluding hydrogens is 384 g/mol. The van der Waals surface area contributed by atoms with Crippen molar-refractivity contribution >= 4 is 5.69 Å². The van der Waals surface area contributed by atoms with E-state index in [0.29, 0.717) is 13.2 Å². The predicted molar refractivity (Wildman–Crippen MR) is 130 cm³/mol. The molecule has 0 fully saturated rings. The second-order valence-corrected chi connectivity index (χ2v) is 7.98. The highest BCUT2D eigenvalue weighted by Gasteiger charge is 2.11. The Hall–Kier alpha value is -2.82. The predicted octanol–water partition coefficient (Wildman–Crippen LogP) is 5.45. The first-order chi connectivity index (χ1) is 15.0. The number of aliphatic hydroxyl groups is 1. The van der Waals surface area contributed by atoms with E-state index < -0.39 is 0 Å². The van der Waals surface area contributed by atoms with E-state index >= 15 is 0 Å². The van der Waals surface area contributed by atoms with Crippen molar-refractivity contribution in [2.45, 2.75) is 46.8 Å². The minimum atomic E-state index is 0.0486. The van der Waals surface area contributed by atoms with Crippen LogP contribution in [0.4, 0.5) is 5.69 Å². The van der Waals surface area contributed by atoms with Crippen molar-refractivity contribution in [1.82, 2.24) is 5.32 Å². The first-order valence-corrected chi connectivity index (χ1v) is 11.0. The summed E-state index contributed by atoms with van der Waals surface area (Å²) in [6.07, 6.45) is 0.